The highest BCUT2D eigenvalue weighted by atomic mass is 16.5. The molecule has 9 heteroatoms. The molecule has 0 N–H and O–H groups in total. The molecular weight excluding hydrogens is 398 g/mol. The predicted molar refractivity (Wildman–Crippen MR) is 117 cm³/mol. The van der Waals surface area contributed by atoms with Gasteiger partial charge in [-0.1, -0.05) is 18.2 Å². The van der Waals surface area contributed by atoms with Crippen LogP contribution in [0.3, 0.4) is 0 Å². The molecule has 31 heavy (non-hydrogen) atoms. The van der Waals surface area contributed by atoms with Gasteiger partial charge in [0, 0.05) is 52.7 Å². The Labute approximate surface area is 179 Å². The van der Waals surface area contributed by atoms with E-state index in [9.17, 15) is 14.4 Å². The monoisotopic (exact) mass is 423 g/mol. The Morgan fingerprint density at radius 1 is 1.13 bits per heavy atom. The number of aryl methyl sites for hydroxylation is 1. The molecule has 4 rings (SSSR count). The zero-order valence-corrected chi connectivity index (χ0v) is 17.9. The number of nitrogens with zero attached hydrogens (tertiary/aromatic N) is 5. The summed E-state index contributed by atoms with van der Waals surface area (Å²) in [6.45, 7) is 3.40. The number of hydrogen-bond acceptors (Lipinski definition) is 6. The van der Waals surface area contributed by atoms with Crippen molar-refractivity contribution in [2.75, 3.05) is 38.3 Å². The number of aromatic nitrogens is 3. The summed E-state index contributed by atoms with van der Waals surface area (Å²) in [5.41, 5.74) is 1.75. The van der Waals surface area contributed by atoms with Crippen molar-refractivity contribution in [2.45, 2.75) is 6.54 Å². The van der Waals surface area contributed by atoms with Crippen molar-refractivity contribution in [3.63, 3.8) is 0 Å². The molecule has 1 saturated heterocycles. The number of amides is 1. The minimum absolute atomic E-state index is 0.234. The second-order valence-electron chi connectivity index (χ2n) is 7.69. The number of pyridine rings is 1. The van der Waals surface area contributed by atoms with Gasteiger partial charge in [-0.2, -0.15) is 0 Å². The minimum Gasteiger partial charge on any atom is -0.378 e. The predicted octanol–water partition coefficient (Wildman–Crippen LogP) is 0.741. The minimum atomic E-state index is -0.472. The SMILES string of the molecule is CN(Cc1ccccc1N1CCOCC1)C(=O)c1cnc2c(c1)c(=O)n(C)c(=O)n2C. The topological polar surface area (TPSA) is 89.7 Å². The lowest BCUT2D eigenvalue weighted by Crippen LogP contribution is -2.38. The molecule has 1 amide bonds. The highest BCUT2D eigenvalue weighted by Crippen LogP contribution is 2.23. The van der Waals surface area contributed by atoms with Crippen molar-refractivity contribution in [3.05, 3.63) is 68.5 Å². The van der Waals surface area contributed by atoms with Crippen LogP contribution in [0.4, 0.5) is 5.69 Å². The molecule has 0 aliphatic carbocycles. The number of anilines is 1. The van der Waals surface area contributed by atoms with Gasteiger partial charge in [-0.25, -0.2) is 9.78 Å². The van der Waals surface area contributed by atoms with Crippen molar-refractivity contribution in [1.29, 1.82) is 0 Å². The second kappa shape index (κ2) is 8.35. The molecule has 0 unspecified atom stereocenters. The number of benzene rings is 1. The van der Waals surface area contributed by atoms with Gasteiger partial charge in [0.25, 0.3) is 11.5 Å². The molecule has 162 valence electrons. The van der Waals surface area contributed by atoms with Crippen molar-refractivity contribution >= 4 is 22.6 Å². The molecule has 0 bridgehead atoms. The first kappa shape index (κ1) is 20.8. The van der Waals surface area contributed by atoms with E-state index in [-0.39, 0.29) is 16.9 Å². The number of carbonyl (C=O) groups is 1. The van der Waals surface area contributed by atoms with Gasteiger partial charge in [0.1, 0.15) is 5.65 Å². The third-order valence-corrected chi connectivity index (χ3v) is 5.64. The number of para-hydroxylation sites is 1. The van der Waals surface area contributed by atoms with Gasteiger partial charge in [0.05, 0.1) is 24.2 Å². The molecule has 0 atom stereocenters. The van der Waals surface area contributed by atoms with Crippen LogP contribution in [0, 0.1) is 0 Å². The van der Waals surface area contributed by atoms with E-state index in [1.54, 1.807) is 19.0 Å². The van der Waals surface area contributed by atoms with E-state index >= 15 is 0 Å². The zero-order chi connectivity index (χ0) is 22.1. The van der Waals surface area contributed by atoms with E-state index in [0.717, 1.165) is 28.9 Å². The summed E-state index contributed by atoms with van der Waals surface area (Å²) in [5, 5.41) is 0.234. The number of rotatable bonds is 4. The Morgan fingerprint density at radius 2 is 1.84 bits per heavy atom. The third kappa shape index (κ3) is 3.84. The first-order valence-corrected chi connectivity index (χ1v) is 10.1. The molecule has 2 aromatic heterocycles. The number of hydrogen-bond donors (Lipinski definition) is 0. The number of fused-ring (bicyclic) bond motifs is 1. The zero-order valence-electron chi connectivity index (χ0n) is 17.9. The van der Waals surface area contributed by atoms with E-state index in [4.69, 9.17) is 4.74 Å². The molecule has 0 saturated carbocycles. The number of ether oxygens (including phenoxy) is 1. The lowest BCUT2D eigenvalue weighted by Gasteiger charge is -2.31. The average molecular weight is 423 g/mol. The van der Waals surface area contributed by atoms with Crippen LogP contribution in [0.15, 0.2) is 46.1 Å². The molecule has 3 heterocycles. The Morgan fingerprint density at radius 3 is 2.58 bits per heavy atom. The highest BCUT2D eigenvalue weighted by molar-refractivity contribution is 5.96. The van der Waals surface area contributed by atoms with Gasteiger partial charge in [0.15, 0.2) is 0 Å². The molecule has 1 fully saturated rings. The summed E-state index contributed by atoms with van der Waals surface area (Å²) in [6.07, 6.45) is 1.41. The van der Waals surface area contributed by atoms with E-state index in [2.05, 4.69) is 16.0 Å². The maximum Gasteiger partial charge on any atom is 0.332 e. The number of carbonyl (C=O) groups excluding carboxylic acids is 1. The van der Waals surface area contributed by atoms with E-state index in [1.165, 1.54) is 23.9 Å². The fourth-order valence-electron chi connectivity index (χ4n) is 3.89. The summed E-state index contributed by atoms with van der Waals surface area (Å²) in [7, 11) is 4.68. The lowest BCUT2D eigenvalue weighted by atomic mass is 10.1. The molecule has 0 spiro atoms. The van der Waals surface area contributed by atoms with Crippen LogP contribution in [-0.2, 0) is 25.4 Å². The van der Waals surface area contributed by atoms with E-state index in [1.807, 2.05) is 18.2 Å². The van der Waals surface area contributed by atoms with Crippen LogP contribution >= 0.6 is 0 Å². The maximum atomic E-state index is 13.1. The van der Waals surface area contributed by atoms with Crippen LogP contribution in [0.25, 0.3) is 11.0 Å². The second-order valence-corrected chi connectivity index (χ2v) is 7.69. The molecule has 1 aliphatic heterocycles. The molecule has 9 nitrogen and oxygen atoms in total. The smallest absolute Gasteiger partial charge is 0.332 e. The van der Waals surface area contributed by atoms with Crippen LogP contribution in [-0.4, -0.2) is 58.3 Å². The quantitative estimate of drug-likeness (QED) is 0.615. The molecular formula is C22H25N5O4. The lowest BCUT2D eigenvalue weighted by molar-refractivity contribution is 0.0784. The molecule has 3 aromatic rings. The Kier molecular flexibility index (Phi) is 5.60. The van der Waals surface area contributed by atoms with Crippen molar-refractivity contribution in [2.24, 2.45) is 14.1 Å². The van der Waals surface area contributed by atoms with Gasteiger partial charge >= 0.3 is 5.69 Å². The first-order valence-electron chi connectivity index (χ1n) is 10.1. The largest absolute Gasteiger partial charge is 0.378 e. The Balaban J connectivity index is 1.63. The molecule has 1 aliphatic rings. The van der Waals surface area contributed by atoms with E-state index < -0.39 is 11.2 Å². The normalized spacial score (nSPS) is 14.1. The standard InChI is InChI=1S/C22H25N5O4/c1-24(14-15-6-4-5-7-18(15)27-8-10-31-11-9-27)20(28)16-12-17-19(23-13-16)25(2)22(30)26(3)21(17)29/h4-7,12-13H,8-11,14H2,1-3H3. The fourth-order valence-corrected chi connectivity index (χ4v) is 3.89. The third-order valence-electron chi connectivity index (χ3n) is 5.64. The van der Waals surface area contributed by atoms with Crippen molar-refractivity contribution < 1.29 is 9.53 Å². The molecule has 0 radical (unpaired) electrons. The Bertz CT molecular complexity index is 1260. The summed E-state index contributed by atoms with van der Waals surface area (Å²) < 4.78 is 7.76. The summed E-state index contributed by atoms with van der Waals surface area (Å²) in [5.74, 6) is -0.248. The fraction of sp³-hybridized carbons (Fsp3) is 0.364. The van der Waals surface area contributed by atoms with Gasteiger partial charge in [0.2, 0.25) is 0 Å². The molecule has 1 aromatic carbocycles. The van der Waals surface area contributed by atoms with Crippen LogP contribution in [0.5, 0.6) is 0 Å². The van der Waals surface area contributed by atoms with Gasteiger partial charge < -0.3 is 14.5 Å². The van der Waals surface area contributed by atoms with Crippen molar-refractivity contribution in [3.8, 4) is 0 Å². The first-order chi connectivity index (χ1) is 14.9. The van der Waals surface area contributed by atoms with Crippen LogP contribution in [0.1, 0.15) is 15.9 Å². The Hall–Kier alpha value is -3.46. The number of morpholine rings is 1. The van der Waals surface area contributed by atoms with Crippen LogP contribution < -0.4 is 16.1 Å². The van der Waals surface area contributed by atoms with Crippen molar-refractivity contribution in [1.82, 2.24) is 19.0 Å². The average Bonchev–Trinajstić information content (AvgIpc) is 2.81. The maximum absolute atomic E-state index is 13.1. The highest BCUT2D eigenvalue weighted by Gasteiger charge is 2.19. The van der Waals surface area contributed by atoms with Gasteiger partial charge in [-0.15, -0.1) is 0 Å². The van der Waals surface area contributed by atoms with Crippen LogP contribution in [0.2, 0.25) is 0 Å². The summed E-state index contributed by atoms with van der Waals surface area (Å²) in [4.78, 5) is 45.8. The van der Waals surface area contributed by atoms with Gasteiger partial charge in [-0.3, -0.25) is 18.7 Å². The summed E-state index contributed by atoms with van der Waals surface area (Å²) >= 11 is 0. The summed E-state index contributed by atoms with van der Waals surface area (Å²) in [6, 6.07) is 9.53. The van der Waals surface area contributed by atoms with E-state index in [0.29, 0.717) is 25.3 Å². The van der Waals surface area contributed by atoms with Gasteiger partial charge in [-0.05, 0) is 17.7 Å².